The summed E-state index contributed by atoms with van der Waals surface area (Å²) >= 11 is 0. The smallest absolute Gasteiger partial charge is 0.224 e. The normalized spacial score (nSPS) is 14.5. The maximum absolute atomic E-state index is 12.0. The Morgan fingerprint density at radius 3 is 2.42 bits per heavy atom. The Morgan fingerprint density at radius 2 is 1.83 bits per heavy atom. The Kier molecular flexibility index (Phi) is 8.90. The van der Waals surface area contributed by atoms with Gasteiger partial charge in [-0.25, -0.2) is 0 Å². The number of aromatic hydroxyl groups is 1. The molecule has 5 heteroatoms. The van der Waals surface area contributed by atoms with Crippen molar-refractivity contribution in [3.8, 4) is 5.75 Å². The molecule has 0 radical (unpaired) electrons. The third-order valence-corrected chi connectivity index (χ3v) is 3.83. The molecule has 134 valence electrons. The highest BCUT2D eigenvalue weighted by Gasteiger charge is 2.20. The predicted octanol–water partition coefficient (Wildman–Crippen LogP) is 3.79. The van der Waals surface area contributed by atoms with Gasteiger partial charge in [0.25, 0.3) is 0 Å². The Labute approximate surface area is 145 Å². The van der Waals surface area contributed by atoms with Crippen LogP contribution in [0.5, 0.6) is 5.75 Å². The van der Waals surface area contributed by atoms with Crippen molar-refractivity contribution in [2.24, 2.45) is 5.92 Å². The van der Waals surface area contributed by atoms with Gasteiger partial charge in [-0.15, -0.1) is 0 Å². The second-order valence-corrected chi connectivity index (χ2v) is 6.37. The van der Waals surface area contributed by atoms with Crippen LogP contribution >= 0.6 is 0 Å². The van der Waals surface area contributed by atoms with E-state index in [-0.39, 0.29) is 30.4 Å². The largest absolute Gasteiger partial charge is 0.508 e. The van der Waals surface area contributed by atoms with Crippen LogP contribution in [0.2, 0.25) is 0 Å². The fourth-order valence-corrected chi connectivity index (χ4v) is 2.44. The number of hydrogen-bond acceptors (Lipinski definition) is 3. The molecule has 1 fully saturated rings. The third kappa shape index (κ3) is 7.49. The second kappa shape index (κ2) is 10.7. The van der Waals surface area contributed by atoms with Gasteiger partial charge in [0, 0.05) is 37.7 Å². The monoisotopic (exact) mass is 334 g/mol. The van der Waals surface area contributed by atoms with Gasteiger partial charge in [-0.05, 0) is 30.9 Å². The third-order valence-electron chi connectivity index (χ3n) is 3.83. The van der Waals surface area contributed by atoms with E-state index in [1.54, 1.807) is 12.1 Å². The molecule has 0 aliphatic carbocycles. The topological polar surface area (TPSA) is 69.6 Å². The first-order chi connectivity index (χ1) is 11.5. The molecule has 1 heterocycles. The van der Waals surface area contributed by atoms with Gasteiger partial charge in [-0.3, -0.25) is 9.59 Å². The van der Waals surface area contributed by atoms with Crippen molar-refractivity contribution in [2.75, 3.05) is 18.4 Å². The van der Waals surface area contributed by atoms with Crippen LogP contribution in [0.25, 0.3) is 0 Å². The molecular weight excluding hydrogens is 304 g/mol. The summed E-state index contributed by atoms with van der Waals surface area (Å²) in [4.78, 5) is 25.7. The molecule has 0 unspecified atom stereocenters. The average molecular weight is 334 g/mol. The molecule has 1 aliphatic rings. The lowest BCUT2D eigenvalue weighted by Gasteiger charge is -2.30. The molecule has 2 N–H and O–H groups in total. The van der Waals surface area contributed by atoms with Crippen molar-refractivity contribution in [1.29, 1.82) is 0 Å². The van der Waals surface area contributed by atoms with Gasteiger partial charge in [-0.1, -0.05) is 33.3 Å². The van der Waals surface area contributed by atoms with Crippen molar-refractivity contribution >= 4 is 17.5 Å². The maximum atomic E-state index is 12.0. The number of carbonyl (C=O) groups excluding carboxylic acids is 2. The van der Waals surface area contributed by atoms with Gasteiger partial charge < -0.3 is 15.3 Å². The van der Waals surface area contributed by atoms with E-state index >= 15 is 0 Å². The Bertz CT molecular complexity index is 523. The van der Waals surface area contributed by atoms with E-state index in [2.05, 4.69) is 26.1 Å². The first-order valence-corrected chi connectivity index (χ1v) is 8.82. The highest BCUT2D eigenvalue weighted by atomic mass is 16.3. The minimum Gasteiger partial charge on any atom is -0.508 e. The molecule has 0 aromatic heterocycles. The van der Waals surface area contributed by atoms with Gasteiger partial charge in [0.2, 0.25) is 11.8 Å². The van der Waals surface area contributed by atoms with Crippen LogP contribution in [0.4, 0.5) is 5.69 Å². The summed E-state index contributed by atoms with van der Waals surface area (Å²) in [5.41, 5.74) is 0.541. The lowest BCUT2D eigenvalue weighted by Crippen LogP contribution is -2.38. The number of benzene rings is 1. The minimum absolute atomic E-state index is 0.0490. The molecule has 0 atom stereocenters. The first kappa shape index (κ1) is 20.0. The first-order valence-electron chi connectivity index (χ1n) is 8.82. The molecule has 2 amide bonds. The molecule has 0 bridgehead atoms. The summed E-state index contributed by atoms with van der Waals surface area (Å²) in [6.07, 6.45) is 3.74. The summed E-state index contributed by atoms with van der Waals surface area (Å²) < 4.78 is 0. The van der Waals surface area contributed by atoms with Crippen molar-refractivity contribution in [1.82, 2.24) is 4.90 Å². The van der Waals surface area contributed by atoms with Gasteiger partial charge in [0.05, 0.1) is 0 Å². The molecule has 2 rings (SSSR count). The second-order valence-electron chi connectivity index (χ2n) is 6.37. The summed E-state index contributed by atoms with van der Waals surface area (Å²) in [5, 5.41) is 12.0. The number of phenolic OH excluding ortho intramolecular Hbond substituents is 1. The number of amides is 2. The number of hydrogen-bond donors (Lipinski definition) is 2. The van der Waals surface area contributed by atoms with Crippen LogP contribution in [-0.2, 0) is 9.59 Å². The highest BCUT2D eigenvalue weighted by molar-refractivity contribution is 5.93. The fourth-order valence-electron chi connectivity index (χ4n) is 2.44. The number of piperidine rings is 1. The minimum atomic E-state index is -0.209. The number of likely N-dealkylation sites (tertiary alicyclic amines) is 1. The molecule has 24 heavy (non-hydrogen) atoms. The summed E-state index contributed by atoms with van der Waals surface area (Å²) in [6, 6.07) is 6.37. The molecule has 1 aromatic rings. The standard InChI is InChI=1S/C16H22N2O3.C3H8/c1-12-7-9-18(10-8-12)16(21)6-5-15(20)17-13-3-2-4-14(19)11-13;1-3-2/h2-4,11-12,19H,5-10H2,1H3,(H,17,20);3H2,1-2H3. The summed E-state index contributed by atoms with van der Waals surface area (Å²) in [6.45, 7) is 8.05. The number of phenols is 1. The van der Waals surface area contributed by atoms with Crippen molar-refractivity contribution in [3.05, 3.63) is 24.3 Å². The quantitative estimate of drug-likeness (QED) is 0.880. The van der Waals surface area contributed by atoms with Gasteiger partial charge in [-0.2, -0.15) is 0 Å². The van der Waals surface area contributed by atoms with Crippen LogP contribution in [0.15, 0.2) is 24.3 Å². The van der Waals surface area contributed by atoms with Crippen molar-refractivity contribution in [3.63, 3.8) is 0 Å². The van der Waals surface area contributed by atoms with Gasteiger partial charge >= 0.3 is 0 Å². The Hall–Kier alpha value is -2.04. The van der Waals surface area contributed by atoms with Gasteiger partial charge in [0.15, 0.2) is 0 Å². The zero-order chi connectivity index (χ0) is 17.9. The van der Waals surface area contributed by atoms with Gasteiger partial charge in [0.1, 0.15) is 5.75 Å². The highest BCUT2D eigenvalue weighted by Crippen LogP contribution is 2.18. The van der Waals surface area contributed by atoms with Crippen molar-refractivity contribution in [2.45, 2.75) is 52.9 Å². The molecular formula is C19H30N2O3. The molecule has 0 spiro atoms. The van der Waals surface area contributed by atoms with E-state index in [1.165, 1.54) is 18.6 Å². The van der Waals surface area contributed by atoms with E-state index in [4.69, 9.17) is 0 Å². The van der Waals surface area contributed by atoms with Crippen LogP contribution in [-0.4, -0.2) is 34.9 Å². The zero-order valence-electron chi connectivity index (χ0n) is 15.0. The van der Waals surface area contributed by atoms with Crippen molar-refractivity contribution < 1.29 is 14.7 Å². The van der Waals surface area contributed by atoms with Crippen LogP contribution in [0, 0.1) is 5.92 Å². The van der Waals surface area contributed by atoms with E-state index in [1.807, 2.05) is 4.90 Å². The average Bonchev–Trinajstić information content (AvgIpc) is 2.54. The fraction of sp³-hybridized carbons (Fsp3) is 0.579. The molecule has 1 saturated heterocycles. The molecule has 0 saturated carbocycles. The Morgan fingerprint density at radius 1 is 1.21 bits per heavy atom. The molecule has 1 aliphatic heterocycles. The molecule has 5 nitrogen and oxygen atoms in total. The van der Waals surface area contributed by atoms with E-state index in [0.717, 1.165) is 25.9 Å². The zero-order valence-corrected chi connectivity index (χ0v) is 15.0. The summed E-state index contributed by atoms with van der Waals surface area (Å²) in [7, 11) is 0. The van der Waals surface area contributed by atoms with E-state index in [9.17, 15) is 14.7 Å². The number of nitrogens with one attached hydrogen (secondary N) is 1. The van der Waals surface area contributed by atoms with Crippen LogP contribution < -0.4 is 5.32 Å². The number of rotatable bonds is 4. The maximum Gasteiger partial charge on any atom is 0.224 e. The lowest BCUT2D eigenvalue weighted by atomic mass is 9.99. The number of anilines is 1. The lowest BCUT2D eigenvalue weighted by molar-refractivity contribution is -0.134. The van der Waals surface area contributed by atoms with Crippen LogP contribution in [0.1, 0.15) is 52.9 Å². The molecule has 1 aromatic carbocycles. The van der Waals surface area contributed by atoms with E-state index in [0.29, 0.717) is 11.6 Å². The summed E-state index contributed by atoms with van der Waals surface area (Å²) in [5.74, 6) is 0.627. The predicted molar refractivity (Wildman–Crippen MR) is 96.9 cm³/mol. The number of carbonyl (C=O) groups is 2. The van der Waals surface area contributed by atoms with E-state index < -0.39 is 0 Å². The SMILES string of the molecule is CC1CCN(C(=O)CCC(=O)Nc2cccc(O)c2)CC1.CCC. The Balaban J connectivity index is 0.000000891. The van der Waals surface area contributed by atoms with Crippen LogP contribution in [0.3, 0.4) is 0 Å². The number of nitrogens with zero attached hydrogens (tertiary/aromatic N) is 1.